The van der Waals surface area contributed by atoms with Crippen molar-refractivity contribution in [1.82, 2.24) is 0 Å². The van der Waals surface area contributed by atoms with E-state index in [4.69, 9.17) is 5.11 Å². The maximum Gasteiger partial charge on any atom is 0.165 e. The minimum Gasteiger partial charge on any atom is -0.505 e. The Labute approximate surface area is 111 Å². The predicted molar refractivity (Wildman–Crippen MR) is 69.5 cm³/mol. The van der Waals surface area contributed by atoms with Crippen LogP contribution in [0.5, 0.6) is 5.75 Å². The second kappa shape index (κ2) is 5.35. The lowest BCUT2D eigenvalue weighted by atomic mass is 10.2. The molecular weight excluding hydrogens is 304 g/mol. The average molecular weight is 314 g/mol. The molecule has 0 aliphatic carbocycles. The van der Waals surface area contributed by atoms with Crippen molar-refractivity contribution >= 4 is 21.6 Å². The molecule has 0 aromatic heterocycles. The quantitative estimate of drug-likeness (QED) is 0.896. The summed E-state index contributed by atoms with van der Waals surface area (Å²) in [5.74, 6) is -1.42. The highest BCUT2D eigenvalue weighted by Crippen LogP contribution is 2.21. The topological polar surface area (TPSA) is 32.3 Å². The van der Waals surface area contributed by atoms with Crippen molar-refractivity contribution < 1.29 is 13.9 Å². The third kappa shape index (κ3) is 2.98. The van der Waals surface area contributed by atoms with Gasteiger partial charge in [0.15, 0.2) is 11.6 Å². The van der Waals surface area contributed by atoms with Crippen LogP contribution in [0.2, 0.25) is 0 Å². The minimum absolute atomic E-state index is 0.346. The summed E-state index contributed by atoms with van der Waals surface area (Å²) in [5.41, 5.74) is 1.26. The molecule has 0 spiro atoms. The third-order valence-electron chi connectivity index (χ3n) is 2.43. The largest absolute Gasteiger partial charge is 0.505 e. The fourth-order valence-corrected chi connectivity index (χ4v) is 1.72. The van der Waals surface area contributed by atoms with E-state index in [1.54, 1.807) is 18.2 Å². The zero-order valence-corrected chi connectivity index (χ0v) is 10.8. The number of hydrogen-bond donors (Lipinski definition) is 2. The van der Waals surface area contributed by atoms with Gasteiger partial charge in [0.05, 0.1) is 4.47 Å². The van der Waals surface area contributed by atoms with Gasteiger partial charge in [-0.25, -0.2) is 8.78 Å². The van der Waals surface area contributed by atoms with E-state index in [-0.39, 0.29) is 11.6 Å². The summed E-state index contributed by atoms with van der Waals surface area (Å²) >= 11 is 3.06. The Morgan fingerprint density at radius 3 is 2.50 bits per heavy atom. The number of aromatic hydroxyl groups is 1. The fraction of sp³-hybridized carbons (Fsp3) is 0.0769. The zero-order chi connectivity index (χ0) is 13.1. The molecule has 18 heavy (non-hydrogen) atoms. The number of nitrogens with one attached hydrogen (secondary N) is 1. The Balaban J connectivity index is 2.06. The molecule has 0 unspecified atom stereocenters. The molecule has 5 heteroatoms. The fourth-order valence-electron chi connectivity index (χ4n) is 1.47. The van der Waals surface area contributed by atoms with Crippen molar-refractivity contribution in [2.75, 3.05) is 5.32 Å². The van der Waals surface area contributed by atoms with E-state index in [1.807, 2.05) is 0 Å². The summed E-state index contributed by atoms with van der Waals surface area (Å²) < 4.78 is 26.7. The molecule has 0 aliphatic heterocycles. The Bertz CT molecular complexity index is 523. The van der Waals surface area contributed by atoms with Gasteiger partial charge < -0.3 is 10.4 Å². The molecule has 0 atom stereocenters. The average Bonchev–Trinajstić information content (AvgIpc) is 2.35. The highest BCUT2D eigenvalue weighted by Gasteiger charge is 2.03. The molecule has 0 saturated heterocycles. The van der Waals surface area contributed by atoms with Crippen LogP contribution < -0.4 is 5.32 Å². The smallest absolute Gasteiger partial charge is 0.165 e. The summed E-state index contributed by atoms with van der Waals surface area (Å²) in [6.07, 6.45) is 0. The molecule has 2 rings (SSSR count). The van der Waals surface area contributed by atoms with Crippen LogP contribution in [0, 0.1) is 11.6 Å². The van der Waals surface area contributed by atoms with Crippen LogP contribution in [0.1, 0.15) is 5.56 Å². The van der Waals surface area contributed by atoms with E-state index in [9.17, 15) is 8.78 Å². The van der Waals surface area contributed by atoms with Gasteiger partial charge in [0, 0.05) is 12.2 Å². The number of benzene rings is 2. The van der Waals surface area contributed by atoms with E-state index in [2.05, 4.69) is 21.2 Å². The van der Waals surface area contributed by atoms with Gasteiger partial charge in [-0.15, -0.1) is 0 Å². The first-order valence-electron chi connectivity index (χ1n) is 5.22. The van der Waals surface area contributed by atoms with Crippen LogP contribution in [0.25, 0.3) is 0 Å². The second-order valence-corrected chi connectivity index (χ2v) is 4.62. The van der Waals surface area contributed by atoms with Crippen LogP contribution in [-0.4, -0.2) is 5.11 Å². The lowest BCUT2D eigenvalue weighted by Crippen LogP contribution is -2.00. The standard InChI is InChI=1S/C13H10BrF2NO/c14-10-3-2-9(6-11(10)15)17-7-8-1-4-13(18)12(16)5-8/h1-6,17-18H,7H2. The van der Waals surface area contributed by atoms with Gasteiger partial charge in [-0.05, 0) is 51.8 Å². The first-order valence-corrected chi connectivity index (χ1v) is 6.02. The van der Waals surface area contributed by atoms with Crippen molar-refractivity contribution in [3.63, 3.8) is 0 Å². The summed E-state index contributed by atoms with van der Waals surface area (Å²) in [6.45, 7) is 0.346. The summed E-state index contributed by atoms with van der Waals surface area (Å²) in [4.78, 5) is 0. The number of anilines is 1. The van der Waals surface area contributed by atoms with Gasteiger partial charge in [-0.1, -0.05) is 6.07 Å². The third-order valence-corrected chi connectivity index (χ3v) is 3.07. The lowest BCUT2D eigenvalue weighted by molar-refractivity contribution is 0.432. The van der Waals surface area contributed by atoms with Crippen molar-refractivity contribution in [3.8, 4) is 5.75 Å². The van der Waals surface area contributed by atoms with E-state index in [1.165, 1.54) is 18.2 Å². The molecule has 2 aromatic rings. The van der Waals surface area contributed by atoms with Crippen molar-refractivity contribution in [2.45, 2.75) is 6.54 Å². The van der Waals surface area contributed by atoms with Gasteiger partial charge in [0.2, 0.25) is 0 Å². The van der Waals surface area contributed by atoms with Gasteiger partial charge in [0.1, 0.15) is 5.82 Å². The molecule has 0 heterocycles. The number of rotatable bonds is 3. The zero-order valence-electron chi connectivity index (χ0n) is 9.25. The Morgan fingerprint density at radius 2 is 1.83 bits per heavy atom. The monoisotopic (exact) mass is 313 g/mol. The number of phenols is 1. The number of hydrogen-bond acceptors (Lipinski definition) is 2. The van der Waals surface area contributed by atoms with Crippen molar-refractivity contribution in [3.05, 3.63) is 58.1 Å². The van der Waals surface area contributed by atoms with Crippen LogP contribution >= 0.6 is 15.9 Å². The lowest BCUT2D eigenvalue weighted by Gasteiger charge is -2.07. The first kappa shape index (κ1) is 12.8. The van der Waals surface area contributed by atoms with Crippen molar-refractivity contribution in [1.29, 1.82) is 0 Å². The minimum atomic E-state index is -0.670. The Kier molecular flexibility index (Phi) is 3.81. The van der Waals surface area contributed by atoms with Gasteiger partial charge in [0.25, 0.3) is 0 Å². The van der Waals surface area contributed by atoms with E-state index in [0.717, 1.165) is 0 Å². The Hall–Kier alpha value is -1.62. The van der Waals surface area contributed by atoms with Crippen LogP contribution in [0.4, 0.5) is 14.5 Å². The Morgan fingerprint density at radius 1 is 1.06 bits per heavy atom. The molecule has 2 nitrogen and oxygen atoms in total. The number of phenolic OH excluding ortho intramolecular Hbond substituents is 1. The highest BCUT2D eigenvalue weighted by atomic mass is 79.9. The van der Waals surface area contributed by atoms with Crippen LogP contribution in [0.3, 0.4) is 0 Å². The first-order chi connectivity index (χ1) is 8.56. The molecule has 0 bridgehead atoms. The SMILES string of the molecule is Oc1ccc(CNc2ccc(Br)c(F)c2)cc1F. The van der Waals surface area contributed by atoms with Crippen LogP contribution in [-0.2, 0) is 6.54 Å². The van der Waals surface area contributed by atoms with Crippen LogP contribution in [0.15, 0.2) is 40.9 Å². The molecule has 0 radical (unpaired) electrons. The molecular formula is C13H10BrF2NO. The molecule has 0 saturated carbocycles. The molecule has 94 valence electrons. The second-order valence-electron chi connectivity index (χ2n) is 3.77. The van der Waals surface area contributed by atoms with Crippen molar-refractivity contribution in [2.24, 2.45) is 0 Å². The maximum atomic E-state index is 13.2. The van der Waals surface area contributed by atoms with Gasteiger partial charge in [-0.3, -0.25) is 0 Å². The molecule has 0 aliphatic rings. The van der Waals surface area contributed by atoms with E-state index >= 15 is 0 Å². The van der Waals surface area contributed by atoms with Gasteiger partial charge >= 0.3 is 0 Å². The maximum absolute atomic E-state index is 13.2. The molecule has 2 aromatic carbocycles. The highest BCUT2D eigenvalue weighted by molar-refractivity contribution is 9.10. The number of halogens is 3. The molecule has 0 fully saturated rings. The van der Waals surface area contributed by atoms with Gasteiger partial charge in [-0.2, -0.15) is 0 Å². The molecule has 2 N–H and O–H groups in total. The summed E-state index contributed by atoms with van der Waals surface area (Å²) in [7, 11) is 0. The van der Waals surface area contributed by atoms with E-state index < -0.39 is 5.82 Å². The normalized spacial score (nSPS) is 10.4. The summed E-state index contributed by atoms with van der Waals surface area (Å²) in [5, 5.41) is 12.0. The molecule has 0 amide bonds. The summed E-state index contributed by atoms with van der Waals surface area (Å²) in [6, 6.07) is 8.77. The predicted octanol–water partition coefficient (Wildman–Crippen LogP) is 4.05. The van der Waals surface area contributed by atoms with E-state index in [0.29, 0.717) is 22.3 Å².